The minimum atomic E-state index is -0.264. The van der Waals surface area contributed by atoms with Crippen molar-refractivity contribution in [1.82, 2.24) is 0 Å². The Kier molecular flexibility index (Phi) is 3.90. The number of rotatable bonds is 2. The maximum Gasteiger partial charge on any atom is 0.291 e. The lowest BCUT2D eigenvalue weighted by molar-refractivity contribution is 0.0998. The molecule has 0 aliphatic rings. The molecule has 118 valence electrons. The molecule has 0 fully saturated rings. The number of anilines is 1. The van der Waals surface area contributed by atoms with E-state index in [9.17, 15) is 4.79 Å². The van der Waals surface area contributed by atoms with Crippen molar-refractivity contribution in [2.24, 2.45) is 0 Å². The Labute approximate surface area is 140 Å². The van der Waals surface area contributed by atoms with Gasteiger partial charge in [0.15, 0.2) is 5.76 Å². The summed E-state index contributed by atoms with van der Waals surface area (Å²) in [6, 6.07) is 9.46. The SMILES string of the molecule is Cc1cc2oc(C(=O)Nc3cccc(Cl)c3C)c(C)c2cc1C. The molecule has 4 heteroatoms. The molecule has 1 aromatic heterocycles. The van der Waals surface area contributed by atoms with Gasteiger partial charge < -0.3 is 9.73 Å². The maximum atomic E-state index is 12.6. The van der Waals surface area contributed by atoms with Crippen molar-refractivity contribution >= 4 is 34.2 Å². The van der Waals surface area contributed by atoms with Crippen LogP contribution in [0.25, 0.3) is 11.0 Å². The molecule has 0 saturated carbocycles. The average molecular weight is 328 g/mol. The molecule has 2 aromatic carbocycles. The highest BCUT2D eigenvalue weighted by atomic mass is 35.5. The lowest BCUT2D eigenvalue weighted by Gasteiger charge is -2.08. The van der Waals surface area contributed by atoms with Gasteiger partial charge in [-0.05, 0) is 68.7 Å². The van der Waals surface area contributed by atoms with Crippen LogP contribution in [0.15, 0.2) is 34.7 Å². The Hall–Kier alpha value is -2.26. The Morgan fingerprint density at radius 1 is 1.04 bits per heavy atom. The van der Waals surface area contributed by atoms with Crippen LogP contribution >= 0.6 is 11.6 Å². The predicted octanol–water partition coefficient (Wildman–Crippen LogP) is 5.57. The van der Waals surface area contributed by atoms with E-state index in [-0.39, 0.29) is 5.91 Å². The number of furan rings is 1. The van der Waals surface area contributed by atoms with Gasteiger partial charge in [0, 0.05) is 21.7 Å². The highest BCUT2D eigenvalue weighted by molar-refractivity contribution is 6.31. The molecule has 0 aliphatic carbocycles. The summed E-state index contributed by atoms with van der Waals surface area (Å²) >= 11 is 6.10. The smallest absolute Gasteiger partial charge is 0.291 e. The van der Waals surface area contributed by atoms with E-state index < -0.39 is 0 Å². The predicted molar refractivity (Wildman–Crippen MR) is 94.6 cm³/mol. The fourth-order valence-electron chi connectivity index (χ4n) is 2.61. The average Bonchev–Trinajstić information content (AvgIpc) is 2.81. The molecule has 0 atom stereocenters. The summed E-state index contributed by atoms with van der Waals surface area (Å²) < 4.78 is 5.79. The zero-order chi connectivity index (χ0) is 16.7. The number of hydrogen-bond donors (Lipinski definition) is 1. The summed E-state index contributed by atoms with van der Waals surface area (Å²) in [4.78, 5) is 12.6. The third-order valence-corrected chi connectivity index (χ3v) is 4.68. The third-order valence-electron chi connectivity index (χ3n) is 4.27. The third kappa shape index (κ3) is 2.73. The van der Waals surface area contributed by atoms with E-state index in [0.29, 0.717) is 16.5 Å². The first-order chi connectivity index (χ1) is 10.9. The molecule has 23 heavy (non-hydrogen) atoms. The van der Waals surface area contributed by atoms with Crippen LogP contribution in [0, 0.1) is 27.7 Å². The number of fused-ring (bicyclic) bond motifs is 1. The standard InChI is InChI=1S/C19H18ClNO2/c1-10-8-14-12(3)18(23-17(14)9-11(10)2)19(22)21-16-7-5-6-15(20)13(16)4/h5-9H,1-4H3,(H,21,22). The van der Waals surface area contributed by atoms with E-state index in [1.165, 1.54) is 5.56 Å². The monoisotopic (exact) mass is 327 g/mol. The van der Waals surface area contributed by atoms with Crippen LogP contribution in [-0.4, -0.2) is 5.91 Å². The molecular weight excluding hydrogens is 310 g/mol. The molecule has 0 bridgehead atoms. The Morgan fingerprint density at radius 2 is 1.74 bits per heavy atom. The second-order valence-corrected chi connectivity index (χ2v) is 6.26. The van der Waals surface area contributed by atoms with Crippen LogP contribution in [0.3, 0.4) is 0 Å². The summed E-state index contributed by atoms with van der Waals surface area (Å²) in [5.74, 6) is 0.0729. The molecule has 3 rings (SSSR count). The number of amides is 1. The Bertz CT molecular complexity index is 925. The molecule has 1 heterocycles. The second kappa shape index (κ2) is 5.74. The molecule has 3 nitrogen and oxygen atoms in total. The molecule has 0 spiro atoms. The van der Waals surface area contributed by atoms with Gasteiger partial charge >= 0.3 is 0 Å². The highest BCUT2D eigenvalue weighted by Crippen LogP contribution is 2.29. The second-order valence-electron chi connectivity index (χ2n) is 5.86. The van der Waals surface area contributed by atoms with Crippen LogP contribution in [0.4, 0.5) is 5.69 Å². The quantitative estimate of drug-likeness (QED) is 0.668. The van der Waals surface area contributed by atoms with Gasteiger partial charge in [-0.25, -0.2) is 0 Å². The molecule has 1 N–H and O–H groups in total. The van der Waals surface area contributed by atoms with E-state index >= 15 is 0 Å². The van der Waals surface area contributed by atoms with Crippen molar-refractivity contribution in [3.8, 4) is 0 Å². The van der Waals surface area contributed by atoms with Crippen molar-refractivity contribution in [3.05, 3.63) is 63.4 Å². The molecule has 0 saturated heterocycles. The molecule has 3 aromatic rings. The van der Waals surface area contributed by atoms with Crippen LogP contribution in [0.5, 0.6) is 0 Å². The number of aryl methyl sites for hydroxylation is 3. The van der Waals surface area contributed by atoms with Crippen LogP contribution in [-0.2, 0) is 0 Å². The van der Waals surface area contributed by atoms with Gasteiger partial charge in [-0.1, -0.05) is 17.7 Å². The van der Waals surface area contributed by atoms with Crippen LogP contribution < -0.4 is 5.32 Å². The summed E-state index contributed by atoms with van der Waals surface area (Å²) in [5.41, 5.74) is 5.43. The van der Waals surface area contributed by atoms with Crippen LogP contribution in [0.1, 0.15) is 32.8 Å². The van der Waals surface area contributed by atoms with Gasteiger partial charge in [0.25, 0.3) is 5.91 Å². The van der Waals surface area contributed by atoms with Crippen molar-refractivity contribution in [2.45, 2.75) is 27.7 Å². The van der Waals surface area contributed by atoms with Crippen LogP contribution in [0.2, 0.25) is 5.02 Å². The molecular formula is C19H18ClNO2. The number of carbonyl (C=O) groups excluding carboxylic acids is 1. The normalized spacial score (nSPS) is 11.0. The number of halogens is 1. The lowest BCUT2D eigenvalue weighted by Crippen LogP contribution is -2.13. The van der Waals surface area contributed by atoms with Crippen molar-refractivity contribution in [3.63, 3.8) is 0 Å². The number of hydrogen-bond acceptors (Lipinski definition) is 2. The summed E-state index contributed by atoms with van der Waals surface area (Å²) in [5, 5.41) is 4.48. The zero-order valence-corrected chi connectivity index (χ0v) is 14.3. The minimum Gasteiger partial charge on any atom is -0.451 e. The van der Waals surface area contributed by atoms with Gasteiger partial charge in [0.2, 0.25) is 0 Å². The fourth-order valence-corrected chi connectivity index (χ4v) is 2.79. The van der Waals surface area contributed by atoms with Crippen molar-refractivity contribution in [2.75, 3.05) is 5.32 Å². The molecule has 0 aliphatic heterocycles. The van der Waals surface area contributed by atoms with Gasteiger partial charge in [-0.15, -0.1) is 0 Å². The number of nitrogens with one attached hydrogen (secondary N) is 1. The Balaban J connectivity index is 2.01. The van der Waals surface area contributed by atoms with Gasteiger partial charge in [-0.2, -0.15) is 0 Å². The first kappa shape index (κ1) is 15.6. The first-order valence-corrected chi connectivity index (χ1v) is 7.83. The summed E-state index contributed by atoms with van der Waals surface area (Å²) in [7, 11) is 0. The highest BCUT2D eigenvalue weighted by Gasteiger charge is 2.19. The summed E-state index contributed by atoms with van der Waals surface area (Å²) in [6.07, 6.45) is 0. The molecule has 0 radical (unpaired) electrons. The zero-order valence-electron chi connectivity index (χ0n) is 13.6. The van der Waals surface area contributed by atoms with E-state index in [1.54, 1.807) is 6.07 Å². The van der Waals surface area contributed by atoms with Crippen molar-refractivity contribution < 1.29 is 9.21 Å². The van der Waals surface area contributed by atoms with E-state index in [2.05, 4.69) is 18.3 Å². The maximum absolute atomic E-state index is 12.6. The number of benzene rings is 2. The van der Waals surface area contributed by atoms with E-state index in [0.717, 1.165) is 27.7 Å². The first-order valence-electron chi connectivity index (χ1n) is 7.45. The molecule has 0 unspecified atom stereocenters. The largest absolute Gasteiger partial charge is 0.451 e. The lowest BCUT2D eigenvalue weighted by atomic mass is 10.0. The van der Waals surface area contributed by atoms with Crippen molar-refractivity contribution in [1.29, 1.82) is 0 Å². The summed E-state index contributed by atoms with van der Waals surface area (Å²) in [6.45, 7) is 7.86. The van der Waals surface area contributed by atoms with Gasteiger partial charge in [0.05, 0.1) is 0 Å². The van der Waals surface area contributed by atoms with Gasteiger partial charge in [0.1, 0.15) is 5.58 Å². The van der Waals surface area contributed by atoms with E-state index in [1.807, 2.05) is 39.0 Å². The van der Waals surface area contributed by atoms with E-state index in [4.69, 9.17) is 16.0 Å². The topological polar surface area (TPSA) is 42.2 Å². The van der Waals surface area contributed by atoms with Gasteiger partial charge in [-0.3, -0.25) is 4.79 Å². The Morgan fingerprint density at radius 3 is 2.48 bits per heavy atom. The minimum absolute atomic E-state index is 0.264. The number of carbonyl (C=O) groups is 1. The molecule has 1 amide bonds. The fraction of sp³-hybridized carbons (Fsp3) is 0.211.